The first-order chi connectivity index (χ1) is 15.1. The van der Waals surface area contributed by atoms with Crippen molar-refractivity contribution >= 4 is 29.3 Å². The molecule has 0 fully saturated rings. The van der Waals surface area contributed by atoms with Gasteiger partial charge in [0.25, 0.3) is 0 Å². The van der Waals surface area contributed by atoms with Gasteiger partial charge in [-0.05, 0) is 42.0 Å². The van der Waals surface area contributed by atoms with Gasteiger partial charge in [0.1, 0.15) is 6.33 Å². The third-order valence-corrected chi connectivity index (χ3v) is 4.53. The van der Waals surface area contributed by atoms with Crippen LogP contribution in [-0.4, -0.2) is 44.9 Å². The first-order valence-electron chi connectivity index (χ1n) is 9.28. The van der Waals surface area contributed by atoms with Crippen LogP contribution in [0.1, 0.15) is 5.56 Å². The fourth-order valence-electron chi connectivity index (χ4n) is 3.03. The van der Waals surface area contributed by atoms with Crippen LogP contribution in [0.3, 0.4) is 0 Å². The summed E-state index contributed by atoms with van der Waals surface area (Å²) in [6.45, 7) is 0. The second-order valence-electron chi connectivity index (χ2n) is 6.48. The van der Waals surface area contributed by atoms with Crippen molar-refractivity contribution in [3.63, 3.8) is 0 Å². The van der Waals surface area contributed by atoms with Crippen LogP contribution in [0.2, 0.25) is 0 Å². The van der Waals surface area contributed by atoms with E-state index >= 15 is 0 Å². The topological polar surface area (TPSA) is 111 Å². The smallest absolute Gasteiger partial charge is 0.328 e. The molecule has 0 unspecified atom stereocenters. The zero-order valence-corrected chi connectivity index (χ0v) is 16.8. The highest BCUT2D eigenvalue weighted by Crippen LogP contribution is 2.32. The average Bonchev–Trinajstić information content (AvgIpc) is 3.27. The molecule has 0 atom stereocenters. The maximum atomic E-state index is 10.7. The average molecular weight is 417 g/mol. The number of carboxylic acid groups (broad SMARTS) is 1. The van der Waals surface area contributed by atoms with Crippen molar-refractivity contribution in [2.45, 2.75) is 0 Å². The van der Waals surface area contributed by atoms with Crippen molar-refractivity contribution in [2.24, 2.45) is 0 Å². The van der Waals surface area contributed by atoms with Gasteiger partial charge in [-0.15, -0.1) is 0 Å². The molecule has 0 bridgehead atoms. The predicted molar refractivity (Wildman–Crippen MR) is 116 cm³/mol. The largest absolute Gasteiger partial charge is 0.493 e. The van der Waals surface area contributed by atoms with E-state index in [0.29, 0.717) is 28.8 Å². The lowest BCUT2D eigenvalue weighted by molar-refractivity contribution is -0.131. The Kier molecular flexibility index (Phi) is 5.48. The third-order valence-electron chi connectivity index (χ3n) is 4.53. The number of nitrogens with zero attached hydrogens (tertiary/aromatic N) is 4. The minimum absolute atomic E-state index is 0.480. The van der Waals surface area contributed by atoms with E-state index in [1.54, 1.807) is 30.9 Å². The zero-order chi connectivity index (χ0) is 21.8. The Labute approximate surface area is 177 Å². The molecule has 0 radical (unpaired) electrons. The number of ether oxygens (including phenoxy) is 2. The number of fused-ring (bicyclic) bond motifs is 1. The summed E-state index contributed by atoms with van der Waals surface area (Å²) >= 11 is 0. The van der Waals surface area contributed by atoms with Gasteiger partial charge in [-0.3, -0.25) is 0 Å². The van der Waals surface area contributed by atoms with Crippen LogP contribution in [0.5, 0.6) is 11.5 Å². The first kappa shape index (κ1) is 19.9. The van der Waals surface area contributed by atoms with Crippen LogP contribution in [0.25, 0.3) is 23.0 Å². The molecule has 9 heteroatoms. The Hall–Kier alpha value is -4.40. The number of methoxy groups -OCH3 is 2. The molecule has 0 saturated carbocycles. The summed E-state index contributed by atoms with van der Waals surface area (Å²) in [4.78, 5) is 19.7. The zero-order valence-electron chi connectivity index (χ0n) is 16.8. The van der Waals surface area contributed by atoms with Crippen LogP contribution in [0.15, 0.2) is 60.9 Å². The molecule has 0 aliphatic carbocycles. The Morgan fingerprint density at radius 2 is 1.84 bits per heavy atom. The van der Waals surface area contributed by atoms with E-state index in [9.17, 15) is 4.79 Å². The Morgan fingerprint density at radius 3 is 2.55 bits per heavy atom. The van der Waals surface area contributed by atoms with Crippen molar-refractivity contribution in [3.8, 4) is 22.8 Å². The van der Waals surface area contributed by atoms with Gasteiger partial charge < -0.3 is 19.9 Å². The summed E-state index contributed by atoms with van der Waals surface area (Å²) < 4.78 is 12.3. The predicted octanol–water partition coefficient (Wildman–Crippen LogP) is 3.65. The molecular formula is C22H19N5O4. The molecule has 2 aromatic carbocycles. The summed E-state index contributed by atoms with van der Waals surface area (Å²) in [5.41, 5.74) is 3.68. The lowest BCUT2D eigenvalue weighted by Gasteiger charge is -2.12. The van der Waals surface area contributed by atoms with E-state index in [0.717, 1.165) is 22.9 Å². The van der Waals surface area contributed by atoms with Crippen LogP contribution < -0.4 is 14.8 Å². The molecule has 0 spiro atoms. The molecule has 2 heterocycles. The standard InChI is InChI=1S/C22H19N5O4/c1-30-18-9-6-15(11-19(18)31-2)17-12-20-23-13-24-27(20)22(26-17)25-16-7-3-14(4-8-16)5-10-21(28)29/h3-13H,1-2H3,(H,25,26)(H,28,29). The summed E-state index contributed by atoms with van der Waals surface area (Å²) in [6.07, 6.45) is 4.08. The first-order valence-corrected chi connectivity index (χ1v) is 9.28. The van der Waals surface area contributed by atoms with Gasteiger partial charge >= 0.3 is 5.97 Å². The summed E-state index contributed by atoms with van der Waals surface area (Å²) in [5.74, 6) is 0.716. The lowest BCUT2D eigenvalue weighted by atomic mass is 10.1. The Bertz CT molecular complexity index is 1260. The second kappa shape index (κ2) is 8.54. The van der Waals surface area contributed by atoms with Crippen LogP contribution in [-0.2, 0) is 4.79 Å². The number of hydrogen-bond donors (Lipinski definition) is 2. The van der Waals surface area contributed by atoms with E-state index in [-0.39, 0.29) is 0 Å². The summed E-state index contributed by atoms with van der Waals surface area (Å²) in [6, 6.07) is 14.7. The quantitative estimate of drug-likeness (QED) is 0.439. The number of anilines is 2. The minimum Gasteiger partial charge on any atom is -0.493 e. The van der Waals surface area contributed by atoms with Gasteiger partial charge in [-0.2, -0.15) is 9.61 Å². The van der Waals surface area contributed by atoms with E-state index in [2.05, 4.69) is 15.4 Å². The van der Waals surface area contributed by atoms with E-state index in [4.69, 9.17) is 19.6 Å². The highest BCUT2D eigenvalue weighted by Gasteiger charge is 2.12. The maximum Gasteiger partial charge on any atom is 0.328 e. The highest BCUT2D eigenvalue weighted by molar-refractivity contribution is 5.85. The molecule has 0 amide bonds. The van der Waals surface area contributed by atoms with Crippen LogP contribution >= 0.6 is 0 Å². The Morgan fingerprint density at radius 1 is 1.06 bits per heavy atom. The monoisotopic (exact) mass is 417 g/mol. The van der Waals surface area contributed by atoms with Gasteiger partial charge in [-0.1, -0.05) is 12.1 Å². The van der Waals surface area contributed by atoms with Crippen molar-refractivity contribution in [1.82, 2.24) is 19.6 Å². The summed E-state index contributed by atoms with van der Waals surface area (Å²) in [7, 11) is 3.17. The summed E-state index contributed by atoms with van der Waals surface area (Å²) in [5, 5.41) is 16.2. The number of carbonyl (C=O) groups is 1. The number of aromatic nitrogens is 4. The molecule has 2 N–H and O–H groups in total. The van der Waals surface area contributed by atoms with Gasteiger partial charge in [0.2, 0.25) is 5.95 Å². The number of nitrogens with one attached hydrogen (secondary N) is 1. The lowest BCUT2D eigenvalue weighted by Crippen LogP contribution is -2.04. The second-order valence-corrected chi connectivity index (χ2v) is 6.48. The van der Waals surface area contributed by atoms with Crippen molar-refractivity contribution < 1.29 is 19.4 Å². The van der Waals surface area contributed by atoms with E-state index in [1.807, 2.05) is 36.4 Å². The number of hydrogen-bond acceptors (Lipinski definition) is 7. The van der Waals surface area contributed by atoms with Gasteiger partial charge in [0.15, 0.2) is 17.1 Å². The van der Waals surface area contributed by atoms with E-state index in [1.165, 1.54) is 12.4 Å². The van der Waals surface area contributed by atoms with Crippen LogP contribution in [0, 0.1) is 0 Å². The van der Waals surface area contributed by atoms with Crippen molar-refractivity contribution in [1.29, 1.82) is 0 Å². The SMILES string of the molecule is COc1ccc(-c2cc3ncnn3c(Nc3ccc(C=CC(=O)O)cc3)n2)cc1OC. The molecule has 0 aliphatic rings. The number of rotatable bonds is 7. The molecule has 156 valence electrons. The fourth-order valence-corrected chi connectivity index (χ4v) is 3.03. The maximum absolute atomic E-state index is 10.7. The normalized spacial score (nSPS) is 11.0. The van der Waals surface area contributed by atoms with Gasteiger partial charge in [-0.25, -0.2) is 14.8 Å². The third kappa shape index (κ3) is 4.30. The Balaban J connectivity index is 1.69. The molecule has 0 aliphatic heterocycles. The molecule has 4 rings (SSSR count). The van der Waals surface area contributed by atoms with Crippen LogP contribution in [0.4, 0.5) is 11.6 Å². The number of benzene rings is 2. The van der Waals surface area contributed by atoms with Gasteiger partial charge in [0, 0.05) is 23.4 Å². The highest BCUT2D eigenvalue weighted by atomic mass is 16.5. The van der Waals surface area contributed by atoms with E-state index < -0.39 is 5.97 Å². The molecule has 4 aromatic rings. The van der Waals surface area contributed by atoms with Crippen molar-refractivity contribution in [2.75, 3.05) is 19.5 Å². The number of aliphatic carboxylic acids is 1. The molecule has 31 heavy (non-hydrogen) atoms. The van der Waals surface area contributed by atoms with Crippen molar-refractivity contribution in [3.05, 3.63) is 66.5 Å². The molecule has 0 saturated heterocycles. The molecular weight excluding hydrogens is 398 g/mol. The molecule has 2 aromatic heterocycles. The fraction of sp³-hybridized carbons (Fsp3) is 0.0909. The molecule has 9 nitrogen and oxygen atoms in total. The minimum atomic E-state index is -0.994. The van der Waals surface area contributed by atoms with Gasteiger partial charge in [0.05, 0.1) is 19.9 Å². The number of carboxylic acids is 1.